The van der Waals surface area contributed by atoms with Crippen LogP contribution < -0.4 is 9.21 Å². The molecule has 1 aliphatic rings. The molecule has 0 fully saturated rings. The number of nitrogens with zero attached hydrogens (tertiary/aromatic N) is 2. The first kappa shape index (κ1) is 16.9. The Labute approximate surface area is 154 Å². The largest absolute Gasteiger partial charge is 0.377 e. The number of anilines is 2. The highest BCUT2D eigenvalue weighted by atomic mass is 32.2. The SMILES string of the molecule is CC1Cc2ccccc2N1S(=O)(=O)c1cccc2c(N(C)C)cccc12. The third-order valence-corrected chi connectivity index (χ3v) is 7.01. The van der Waals surface area contributed by atoms with Crippen LogP contribution >= 0.6 is 0 Å². The van der Waals surface area contributed by atoms with Crippen molar-refractivity contribution in [1.29, 1.82) is 0 Å². The van der Waals surface area contributed by atoms with Crippen molar-refractivity contribution < 1.29 is 8.42 Å². The second-order valence-electron chi connectivity index (χ2n) is 7.01. The molecule has 0 N–H and O–H groups in total. The van der Waals surface area contributed by atoms with Crippen LogP contribution in [0.3, 0.4) is 0 Å². The van der Waals surface area contributed by atoms with E-state index in [4.69, 9.17) is 0 Å². The fourth-order valence-corrected chi connectivity index (χ4v) is 5.79. The predicted octanol–water partition coefficient (Wildman–Crippen LogP) is 4.05. The standard InChI is InChI=1S/C21H22N2O2S/c1-15-14-16-8-4-5-11-19(16)23(15)26(24,25)21-13-7-9-17-18(21)10-6-12-20(17)22(2)3/h4-13,15H,14H2,1-3H3. The highest BCUT2D eigenvalue weighted by Gasteiger charge is 2.36. The van der Waals surface area contributed by atoms with Crippen molar-refractivity contribution in [1.82, 2.24) is 0 Å². The van der Waals surface area contributed by atoms with Gasteiger partial charge in [-0.25, -0.2) is 8.42 Å². The molecule has 1 heterocycles. The fourth-order valence-electron chi connectivity index (χ4n) is 3.89. The van der Waals surface area contributed by atoms with Crippen molar-refractivity contribution >= 4 is 32.2 Å². The van der Waals surface area contributed by atoms with Gasteiger partial charge in [0.1, 0.15) is 0 Å². The van der Waals surface area contributed by atoms with Crippen LogP contribution in [0.5, 0.6) is 0 Å². The van der Waals surface area contributed by atoms with Crippen molar-refractivity contribution in [3.63, 3.8) is 0 Å². The lowest BCUT2D eigenvalue weighted by Crippen LogP contribution is -2.35. The van der Waals surface area contributed by atoms with E-state index in [0.29, 0.717) is 4.90 Å². The summed E-state index contributed by atoms with van der Waals surface area (Å²) in [6, 6.07) is 19.0. The minimum absolute atomic E-state index is 0.0929. The molecule has 134 valence electrons. The van der Waals surface area contributed by atoms with Gasteiger partial charge in [0, 0.05) is 36.6 Å². The van der Waals surface area contributed by atoms with E-state index in [-0.39, 0.29) is 6.04 Å². The maximum Gasteiger partial charge on any atom is 0.265 e. The van der Waals surface area contributed by atoms with Gasteiger partial charge in [0.15, 0.2) is 0 Å². The number of hydrogen-bond acceptors (Lipinski definition) is 3. The Kier molecular flexibility index (Phi) is 3.92. The number of sulfonamides is 1. The number of fused-ring (bicyclic) bond motifs is 2. The van der Waals surface area contributed by atoms with Gasteiger partial charge in [0.05, 0.1) is 10.6 Å². The number of hydrogen-bond donors (Lipinski definition) is 0. The molecule has 5 heteroatoms. The molecule has 0 aliphatic carbocycles. The van der Waals surface area contributed by atoms with E-state index >= 15 is 0 Å². The number of benzene rings is 3. The van der Waals surface area contributed by atoms with Crippen molar-refractivity contribution in [2.24, 2.45) is 0 Å². The first-order valence-electron chi connectivity index (χ1n) is 8.72. The van der Waals surface area contributed by atoms with Gasteiger partial charge in [0.25, 0.3) is 10.0 Å². The Hall–Kier alpha value is -2.53. The molecule has 0 bridgehead atoms. The summed E-state index contributed by atoms with van der Waals surface area (Å²) in [5.41, 5.74) is 2.88. The Bertz CT molecular complexity index is 1090. The van der Waals surface area contributed by atoms with Crippen molar-refractivity contribution in [3.8, 4) is 0 Å². The van der Waals surface area contributed by atoms with Crippen LogP contribution in [0.4, 0.5) is 11.4 Å². The molecule has 26 heavy (non-hydrogen) atoms. The van der Waals surface area contributed by atoms with Crippen LogP contribution in [0.1, 0.15) is 12.5 Å². The van der Waals surface area contributed by atoms with Gasteiger partial charge in [-0.1, -0.05) is 42.5 Å². The maximum atomic E-state index is 13.6. The Morgan fingerprint density at radius 3 is 2.38 bits per heavy atom. The average Bonchev–Trinajstić information content (AvgIpc) is 2.96. The van der Waals surface area contributed by atoms with E-state index in [1.165, 1.54) is 0 Å². The van der Waals surface area contributed by atoms with Crippen LogP contribution in [0.25, 0.3) is 10.8 Å². The van der Waals surface area contributed by atoms with Gasteiger partial charge in [-0.2, -0.15) is 0 Å². The molecule has 0 aromatic heterocycles. The molecule has 3 aromatic carbocycles. The lowest BCUT2D eigenvalue weighted by atomic mass is 10.1. The Morgan fingerprint density at radius 2 is 1.62 bits per heavy atom. The van der Waals surface area contributed by atoms with Gasteiger partial charge in [-0.3, -0.25) is 4.31 Å². The molecular formula is C21H22N2O2S. The highest BCUT2D eigenvalue weighted by molar-refractivity contribution is 7.93. The molecule has 0 spiro atoms. The topological polar surface area (TPSA) is 40.6 Å². The van der Waals surface area contributed by atoms with E-state index in [0.717, 1.165) is 34.1 Å². The zero-order valence-electron chi connectivity index (χ0n) is 15.2. The lowest BCUT2D eigenvalue weighted by molar-refractivity contribution is 0.585. The molecule has 0 saturated heterocycles. The quantitative estimate of drug-likeness (QED) is 0.702. The fraction of sp³-hybridized carbons (Fsp3) is 0.238. The maximum absolute atomic E-state index is 13.6. The van der Waals surface area contributed by atoms with Crippen LogP contribution in [0.2, 0.25) is 0 Å². The van der Waals surface area contributed by atoms with Gasteiger partial charge < -0.3 is 4.90 Å². The molecule has 1 unspecified atom stereocenters. The monoisotopic (exact) mass is 366 g/mol. The second-order valence-corrected chi connectivity index (χ2v) is 8.79. The Morgan fingerprint density at radius 1 is 0.923 bits per heavy atom. The Balaban J connectivity index is 1.94. The van der Waals surface area contributed by atoms with Crippen LogP contribution in [-0.2, 0) is 16.4 Å². The van der Waals surface area contributed by atoms with E-state index in [9.17, 15) is 8.42 Å². The summed E-state index contributed by atoms with van der Waals surface area (Å²) >= 11 is 0. The molecule has 0 amide bonds. The third-order valence-electron chi connectivity index (χ3n) is 5.02. The van der Waals surface area contributed by atoms with Crippen molar-refractivity contribution in [3.05, 3.63) is 66.2 Å². The van der Waals surface area contributed by atoms with Gasteiger partial charge in [-0.15, -0.1) is 0 Å². The van der Waals surface area contributed by atoms with Crippen LogP contribution in [0.15, 0.2) is 65.6 Å². The molecular weight excluding hydrogens is 344 g/mol. The van der Waals surface area contributed by atoms with Gasteiger partial charge in [0.2, 0.25) is 0 Å². The van der Waals surface area contributed by atoms with E-state index < -0.39 is 10.0 Å². The first-order valence-corrected chi connectivity index (χ1v) is 10.2. The highest BCUT2D eigenvalue weighted by Crippen LogP contribution is 2.39. The number of rotatable bonds is 3. The summed E-state index contributed by atoms with van der Waals surface area (Å²) in [4.78, 5) is 2.37. The number of para-hydroxylation sites is 1. The molecule has 1 aliphatic heterocycles. The molecule has 3 aromatic rings. The smallest absolute Gasteiger partial charge is 0.265 e. The average molecular weight is 366 g/mol. The summed E-state index contributed by atoms with van der Waals surface area (Å²) in [5, 5.41) is 1.70. The van der Waals surface area contributed by atoms with E-state index in [1.54, 1.807) is 10.4 Å². The van der Waals surface area contributed by atoms with E-state index in [2.05, 4.69) is 0 Å². The predicted molar refractivity (Wildman–Crippen MR) is 108 cm³/mol. The van der Waals surface area contributed by atoms with E-state index in [1.807, 2.05) is 80.5 Å². The van der Waals surface area contributed by atoms with Gasteiger partial charge in [-0.05, 0) is 37.1 Å². The molecule has 0 saturated carbocycles. The van der Waals surface area contributed by atoms with Gasteiger partial charge >= 0.3 is 0 Å². The summed E-state index contributed by atoms with van der Waals surface area (Å²) in [5.74, 6) is 0. The third kappa shape index (κ3) is 2.46. The van der Waals surface area contributed by atoms with Crippen molar-refractivity contribution in [2.75, 3.05) is 23.3 Å². The minimum Gasteiger partial charge on any atom is -0.377 e. The zero-order chi connectivity index (χ0) is 18.5. The molecule has 0 radical (unpaired) electrons. The van der Waals surface area contributed by atoms with Crippen LogP contribution in [0, 0.1) is 0 Å². The molecule has 1 atom stereocenters. The van der Waals surface area contributed by atoms with Crippen LogP contribution in [-0.4, -0.2) is 28.6 Å². The summed E-state index contributed by atoms with van der Waals surface area (Å²) in [7, 11) is 0.278. The second kappa shape index (κ2) is 6.02. The normalized spacial score (nSPS) is 16.7. The first-order chi connectivity index (χ1) is 12.4. The molecule has 4 nitrogen and oxygen atoms in total. The lowest BCUT2D eigenvalue weighted by Gasteiger charge is -2.25. The zero-order valence-corrected chi connectivity index (χ0v) is 16.0. The summed E-state index contributed by atoms with van der Waals surface area (Å²) in [6.45, 7) is 1.97. The minimum atomic E-state index is -3.66. The summed E-state index contributed by atoms with van der Waals surface area (Å²) < 4.78 is 28.8. The van der Waals surface area contributed by atoms with Crippen molar-refractivity contribution in [2.45, 2.75) is 24.3 Å². The summed E-state index contributed by atoms with van der Waals surface area (Å²) in [6.07, 6.45) is 0.739. The molecule has 4 rings (SSSR count).